The number of hydrogen-bond acceptors (Lipinski definition) is 6. The van der Waals surface area contributed by atoms with E-state index in [0.29, 0.717) is 11.3 Å². The quantitative estimate of drug-likeness (QED) is 0.552. The first-order valence-corrected chi connectivity index (χ1v) is 10.3. The number of ether oxygens (including phenoxy) is 2. The number of amides is 4. The van der Waals surface area contributed by atoms with Crippen molar-refractivity contribution in [1.29, 1.82) is 0 Å². The van der Waals surface area contributed by atoms with Gasteiger partial charge in [0.2, 0.25) is 0 Å². The SMILES string of the molecule is O=C(COC(=O)CN1C(=O)N[C@]2(CCOc3ccccc32)C1=O)NC1CCCCC1. The van der Waals surface area contributed by atoms with E-state index in [0.717, 1.165) is 30.6 Å². The highest BCUT2D eigenvalue weighted by atomic mass is 16.5. The smallest absolute Gasteiger partial charge is 0.326 e. The number of benzene rings is 1. The normalized spacial score (nSPS) is 23.5. The Morgan fingerprint density at radius 1 is 1.20 bits per heavy atom. The van der Waals surface area contributed by atoms with E-state index in [2.05, 4.69) is 10.6 Å². The highest BCUT2D eigenvalue weighted by Gasteiger charge is 2.55. The number of esters is 1. The Balaban J connectivity index is 1.35. The highest BCUT2D eigenvalue weighted by Crippen LogP contribution is 2.40. The van der Waals surface area contributed by atoms with Crippen molar-refractivity contribution in [2.24, 2.45) is 0 Å². The lowest BCUT2D eigenvalue weighted by Crippen LogP contribution is -2.47. The van der Waals surface area contributed by atoms with Crippen molar-refractivity contribution in [2.45, 2.75) is 50.1 Å². The van der Waals surface area contributed by atoms with Crippen LogP contribution < -0.4 is 15.4 Å². The summed E-state index contributed by atoms with van der Waals surface area (Å²) in [5.41, 5.74) is -0.679. The molecule has 1 aromatic carbocycles. The van der Waals surface area contributed by atoms with Gasteiger partial charge in [0, 0.05) is 18.0 Å². The molecule has 4 amide bonds. The van der Waals surface area contributed by atoms with Crippen LogP contribution in [0.4, 0.5) is 4.79 Å². The number of urea groups is 1. The van der Waals surface area contributed by atoms with E-state index in [4.69, 9.17) is 9.47 Å². The summed E-state index contributed by atoms with van der Waals surface area (Å²) < 4.78 is 10.6. The van der Waals surface area contributed by atoms with Gasteiger partial charge in [-0.3, -0.25) is 19.3 Å². The lowest BCUT2D eigenvalue weighted by atomic mass is 9.84. The number of rotatable bonds is 5. The lowest BCUT2D eigenvalue weighted by Gasteiger charge is -2.33. The average Bonchev–Trinajstić information content (AvgIpc) is 2.98. The van der Waals surface area contributed by atoms with Crippen LogP contribution in [0.25, 0.3) is 0 Å². The van der Waals surface area contributed by atoms with Crippen LogP contribution >= 0.6 is 0 Å². The molecule has 1 saturated heterocycles. The predicted octanol–water partition coefficient (Wildman–Crippen LogP) is 1.21. The van der Waals surface area contributed by atoms with Crippen LogP contribution in [-0.4, -0.2) is 54.5 Å². The Hall–Kier alpha value is -3.10. The first-order chi connectivity index (χ1) is 14.5. The van der Waals surface area contributed by atoms with Crippen molar-refractivity contribution in [3.63, 3.8) is 0 Å². The van der Waals surface area contributed by atoms with E-state index in [1.54, 1.807) is 24.3 Å². The molecule has 9 nitrogen and oxygen atoms in total. The molecule has 0 aromatic heterocycles. The summed E-state index contributed by atoms with van der Waals surface area (Å²) in [4.78, 5) is 50.6. The van der Waals surface area contributed by atoms with Gasteiger partial charge in [-0.2, -0.15) is 0 Å². The van der Waals surface area contributed by atoms with Gasteiger partial charge in [-0.1, -0.05) is 37.5 Å². The van der Waals surface area contributed by atoms with E-state index in [9.17, 15) is 19.2 Å². The molecule has 1 spiro atoms. The maximum atomic E-state index is 13.1. The van der Waals surface area contributed by atoms with Gasteiger partial charge in [0.05, 0.1) is 6.61 Å². The van der Waals surface area contributed by atoms with Crippen LogP contribution in [0.5, 0.6) is 5.75 Å². The number of imide groups is 1. The number of nitrogens with zero attached hydrogens (tertiary/aromatic N) is 1. The largest absolute Gasteiger partial charge is 0.493 e. The van der Waals surface area contributed by atoms with Gasteiger partial charge in [-0.05, 0) is 18.9 Å². The van der Waals surface area contributed by atoms with Crippen LogP contribution in [0.3, 0.4) is 0 Å². The first-order valence-electron chi connectivity index (χ1n) is 10.3. The van der Waals surface area contributed by atoms with Crippen molar-refractivity contribution < 1.29 is 28.7 Å². The molecule has 2 aliphatic heterocycles. The molecule has 160 valence electrons. The Morgan fingerprint density at radius 2 is 1.97 bits per heavy atom. The Labute approximate surface area is 174 Å². The molecule has 4 rings (SSSR count). The van der Waals surface area contributed by atoms with Crippen molar-refractivity contribution >= 4 is 23.8 Å². The van der Waals surface area contributed by atoms with Gasteiger partial charge in [0.25, 0.3) is 11.8 Å². The van der Waals surface area contributed by atoms with Crippen molar-refractivity contribution in [3.8, 4) is 5.75 Å². The van der Waals surface area contributed by atoms with Gasteiger partial charge in [-0.15, -0.1) is 0 Å². The fourth-order valence-corrected chi connectivity index (χ4v) is 4.35. The summed E-state index contributed by atoms with van der Waals surface area (Å²) >= 11 is 0. The first kappa shape index (κ1) is 20.2. The monoisotopic (exact) mass is 415 g/mol. The molecule has 3 aliphatic rings. The summed E-state index contributed by atoms with van der Waals surface area (Å²) in [5.74, 6) is -1.18. The predicted molar refractivity (Wildman–Crippen MR) is 104 cm³/mol. The lowest BCUT2D eigenvalue weighted by molar-refractivity contribution is -0.151. The fourth-order valence-electron chi connectivity index (χ4n) is 4.35. The number of fused-ring (bicyclic) bond motifs is 2. The van der Waals surface area contributed by atoms with Crippen LogP contribution in [0, 0.1) is 0 Å². The van der Waals surface area contributed by atoms with E-state index >= 15 is 0 Å². The van der Waals surface area contributed by atoms with Crippen molar-refractivity contribution in [1.82, 2.24) is 15.5 Å². The van der Waals surface area contributed by atoms with Crippen LogP contribution in [0.2, 0.25) is 0 Å². The second kappa shape index (κ2) is 8.33. The van der Waals surface area contributed by atoms with Crippen molar-refractivity contribution in [2.75, 3.05) is 19.8 Å². The third-order valence-corrected chi connectivity index (χ3v) is 5.88. The van der Waals surface area contributed by atoms with Gasteiger partial charge >= 0.3 is 12.0 Å². The Bertz CT molecular complexity index is 866. The zero-order valence-electron chi connectivity index (χ0n) is 16.6. The molecule has 1 aliphatic carbocycles. The van der Waals surface area contributed by atoms with E-state index in [1.165, 1.54) is 6.42 Å². The number of para-hydroxylation sites is 1. The molecule has 30 heavy (non-hydrogen) atoms. The highest BCUT2D eigenvalue weighted by molar-refractivity contribution is 6.09. The number of carbonyl (C=O) groups excluding carboxylic acids is 4. The number of carbonyl (C=O) groups is 4. The topological polar surface area (TPSA) is 114 Å². The maximum Gasteiger partial charge on any atom is 0.326 e. The summed E-state index contributed by atoms with van der Waals surface area (Å²) in [6.07, 6.45) is 5.44. The molecular formula is C21H25N3O6. The molecule has 1 saturated carbocycles. The standard InChI is InChI=1S/C21H25N3O6/c25-17(22-14-6-2-1-3-7-14)13-30-18(26)12-24-19(27)21(23-20(24)28)10-11-29-16-9-5-4-8-15(16)21/h4-5,8-9,14H,1-3,6-7,10-13H2,(H,22,25)(H,23,28)/t21-/m0/s1. The summed E-state index contributed by atoms with van der Waals surface area (Å²) in [6.45, 7) is -0.713. The molecule has 2 heterocycles. The van der Waals surface area contributed by atoms with Crippen LogP contribution in [0.1, 0.15) is 44.1 Å². The summed E-state index contributed by atoms with van der Waals surface area (Å²) in [6, 6.07) is 6.45. The minimum atomic E-state index is -1.25. The average molecular weight is 415 g/mol. The van der Waals surface area contributed by atoms with Gasteiger partial charge in [0.1, 0.15) is 12.3 Å². The molecule has 1 atom stereocenters. The Kier molecular flexibility index (Phi) is 5.61. The fraction of sp³-hybridized carbons (Fsp3) is 0.524. The second-order valence-corrected chi connectivity index (χ2v) is 7.88. The molecule has 9 heteroatoms. The molecular weight excluding hydrogens is 390 g/mol. The van der Waals surface area contributed by atoms with E-state index in [1.807, 2.05) is 0 Å². The van der Waals surface area contributed by atoms with Crippen LogP contribution in [0.15, 0.2) is 24.3 Å². The zero-order valence-corrected chi connectivity index (χ0v) is 16.6. The van der Waals surface area contributed by atoms with Gasteiger partial charge in [-0.25, -0.2) is 4.79 Å². The van der Waals surface area contributed by atoms with E-state index in [-0.39, 0.29) is 25.0 Å². The molecule has 2 fully saturated rings. The van der Waals surface area contributed by atoms with E-state index < -0.39 is 36.6 Å². The minimum Gasteiger partial charge on any atom is -0.493 e. The van der Waals surface area contributed by atoms with Crippen LogP contribution in [-0.2, 0) is 24.7 Å². The third kappa shape index (κ3) is 3.83. The van der Waals surface area contributed by atoms with Gasteiger partial charge < -0.3 is 20.1 Å². The van der Waals surface area contributed by atoms with Crippen molar-refractivity contribution in [3.05, 3.63) is 29.8 Å². The summed E-state index contributed by atoms with van der Waals surface area (Å²) in [5, 5.41) is 5.57. The van der Waals surface area contributed by atoms with Gasteiger partial charge in [0.15, 0.2) is 12.1 Å². The second-order valence-electron chi connectivity index (χ2n) is 7.88. The molecule has 0 unspecified atom stereocenters. The minimum absolute atomic E-state index is 0.115. The maximum absolute atomic E-state index is 13.1. The summed E-state index contributed by atoms with van der Waals surface area (Å²) in [7, 11) is 0. The molecule has 2 N–H and O–H groups in total. The Morgan fingerprint density at radius 3 is 2.77 bits per heavy atom. The third-order valence-electron chi connectivity index (χ3n) is 5.88. The zero-order chi connectivity index (χ0) is 21.1. The number of nitrogens with one attached hydrogen (secondary N) is 2. The number of hydrogen-bond donors (Lipinski definition) is 2. The molecule has 1 aromatic rings. The molecule has 0 bridgehead atoms. The molecule has 0 radical (unpaired) electrons.